The Morgan fingerprint density at radius 3 is 2.07 bits per heavy atom. The highest BCUT2D eigenvalue weighted by molar-refractivity contribution is 5.85. The summed E-state index contributed by atoms with van der Waals surface area (Å²) in [5.74, 6) is 5.32. The summed E-state index contributed by atoms with van der Waals surface area (Å²) in [4.78, 5) is 13.2. The van der Waals surface area contributed by atoms with Crippen molar-refractivity contribution in [2.45, 2.75) is 19.4 Å². The second-order valence-electron chi connectivity index (χ2n) is 3.89. The molecule has 0 unspecified atom stereocenters. The monoisotopic (exact) mass is 223 g/mol. The molecule has 1 aliphatic heterocycles. The zero-order chi connectivity index (χ0) is 10.1. The van der Waals surface area contributed by atoms with Crippen LogP contribution in [0.2, 0.25) is 0 Å². The summed E-state index contributed by atoms with van der Waals surface area (Å²) in [5.41, 5.74) is -1.27. The first-order valence-corrected chi connectivity index (χ1v) is 4.42. The molecule has 6 heteroatoms. The van der Waals surface area contributed by atoms with Gasteiger partial charge in [-0.3, -0.25) is 10.6 Å². The number of hydrogen-bond acceptors (Lipinski definition) is 4. The van der Waals surface area contributed by atoms with E-state index in [-0.39, 0.29) is 18.3 Å². The van der Waals surface area contributed by atoms with Crippen molar-refractivity contribution in [1.29, 1.82) is 0 Å². The third-order valence-electron chi connectivity index (χ3n) is 2.12. The molecular weight excluding hydrogens is 206 g/mol. The van der Waals surface area contributed by atoms with Crippen LogP contribution in [0.4, 0.5) is 0 Å². The minimum absolute atomic E-state index is 0. The molecule has 0 atom stereocenters. The van der Waals surface area contributed by atoms with Crippen molar-refractivity contribution in [3.05, 3.63) is 0 Å². The molecule has 0 aromatic rings. The first kappa shape index (κ1) is 13.6. The number of aliphatic hydroxyl groups is 1. The molecule has 1 fully saturated rings. The fourth-order valence-electron chi connectivity index (χ4n) is 1.31. The number of piperazine rings is 1. The Labute approximate surface area is 90.2 Å². The summed E-state index contributed by atoms with van der Waals surface area (Å²) < 4.78 is 0. The highest BCUT2D eigenvalue weighted by Gasteiger charge is 2.30. The maximum atomic E-state index is 11.5. The highest BCUT2D eigenvalue weighted by Crippen LogP contribution is 2.09. The molecule has 1 amide bonds. The molecule has 0 aromatic heterocycles. The summed E-state index contributed by atoms with van der Waals surface area (Å²) in [5, 5.41) is 11.1. The number of halogens is 1. The molecule has 0 saturated carbocycles. The summed E-state index contributed by atoms with van der Waals surface area (Å²) in [7, 11) is 0. The Balaban J connectivity index is 0.00000169. The first-order chi connectivity index (χ1) is 5.91. The van der Waals surface area contributed by atoms with E-state index in [4.69, 9.17) is 5.84 Å². The number of nitrogens with zero attached hydrogens (tertiary/aromatic N) is 2. The summed E-state index contributed by atoms with van der Waals surface area (Å²) >= 11 is 0. The largest absolute Gasteiger partial charge is 0.381 e. The molecule has 5 nitrogen and oxygen atoms in total. The number of carbonyl (C=O) groups is 1. The van der Waals surface area contributed by atoms with Crippen LogP contribution in [0, 0.1) is 0 Å². The number of carbonyl (C=O) groups excluding carboxylic acids is 1. The summed E-state index contributed by atoms with van der Waals surface area (Å²) in [6, 6.07) is 0. The highest BCUT2D eigenvalue weighted by atomic mass is 35.5. The van der Waals surface area contributed by atoms with Gasteiger partial charge in [-0.25, -0.2) is 5.01 Å². The minimum atomic E-state index is -1.27. The zero-order valence-corrected chi connectivity index (χ0v) is 9.38. The quantitative estimate of drug-likeness (QED) is 0.571. The van der Waals surface area contributed by atoms with Gasteiger partial charge in [-0.1, -0.05) is 0 Å². The van der Waals surface area contributed by atoms with Gasteiger partial charge in [-0.2, -0.15) is 0 Å². The fraction of sp³-hybridized carbons (Fsp3) is 0.875. The van der Waals surface area contributed by atoms with E-state index in [2.05, 4.69) is 0 Å². The van der Waals surface area contributed by atoms with Crippen molar-refractivity contribution in [2.75, 3.05) is 26.2 Å². The van der Waals surface area contributed by atoms with Crippen molar-refractivity contribution in [3.8, 4) is 0 Å². The van der Waals surface area contributed by atoms with E-state index in [1.54, 1.807) is 9.91 Å². The second-order valence-corrected chi connectivity index (χ2v) is 3.89. The van der Waals surface area contributed by atoms with Crippen LogP contribution in [0.1, 0.15) is 13.8 Å². The van der Waals surface area contributed by atoms with E-state index in [0.29, 0.717) is 26.2 Å². The topological polar surface area (TPSA) is 69.8 Å². The van der Waals surface area contributed by atoms with E-state index in [0.717, 1.165) is 0 Å². The predicted molar refractivity (Wildman–Crippen MR) is 55.9 cm³/mol. The van der Waals surface area contributed by atoms with Crippen molar-refractivity contribution >= 4 is 18.3 Å². The van der Waals surface area contributed by atoms with Crippen LogP contribution in [0.25, 0.3) is 0 Å². The normalized spacial score (nSPS) is 19.0. The van der Waals surface area contributed by atoms with E-state index in [9.17, 15) is 9.90 Å². The van der Waals surface area contributed by atoms with Crippen LogP contribution in [-0.2, 0) is 4.79 Å². The lowest BCUT2D eigenvalue weighted by atomic mass is 10.1. The van der Waals surface area contributed by atoms with Crippen LogP contribution in [-0.4, -0.2) is 52.7 Å². The SMILES string of the molecule is CC(C)(O)C(=O)N1CCN(N)CC1.Cl. The fourth-order valence-corrected chi connectivity index (χ4v) is 1.31. The van der Waals surface area contributed by atoms with Crippen LogP contribution >= 0.6 is 12.4 Å². The molecule has 0 aliphatic carbocycles. The van der Waals surface area contributed by atoms with Crippen LogP contribution in [0.15, 0.2) is 0 Å². The standard InChI is InChI=1S/C8H17N3O2.ClH/c1-8(2,13)7(12)10-3-5-11(9)6-4-10;/h13H,3-6,9H2,1-2H3;1H. The summed E-state index contributed by atoms with van der Waals surface area (Å²) in [6.07, 6.45) is 0. The summed E-state index contributed by atoms with van der Waals surface area (Å²) in [6.45, 7) is 5.54. The van der Waals surface area contributed by atoms with Crippen LogP contribution in [0.3, 0.4) is 0 Å². The van der Waals surface area contributed by atoms with Crippen molar-refractivity contribution in [1.82, 2.24) is 9.91 Å². The molecule has 1 rings (SSSR count). The molecule has 1 saturated heterocycles. The van der Waals surface area contributed by atoms with Gasteiger partial charge in [0.25, 0.3) is 5.91 Å². The maximum absolute atomic E-state index is 11.5. The lowest BCUT2D eigenvalue weighted by Crippen LogP contribution is -2.55. The molecule has 14 heavy (non-hydrogen) atoms. The van der Waals surface area contributed by atoms with Gasteiger partial charge in [0.15, 0.2) is 0 Å². The van der Waals surface area contributed by atoms with Crippen molar-refractivity contribution < 1.29 is 9.90 Å². The Bertz CT molecular complexity index is 197. The van der Waals surface area contributed by atoms with Gasteiger partial charge in [0.2, 0.25) is 0 Å². The van der Waals surface area contributed by atoms with Gasteiger partial charge in [-0.15, -0.1) is 12.4 Å². The number of amides is 1. The van der Waals surface area contributed by atoms with Gasteiger partial charge in [0.05, 0.1) is 0 Å². The second kappa shape index (κ2) is 4.93. The van der Waals surface area contributed by atoms with Crippen LogP contribution in [0.5, 0.6) is 0 Å². The number of nitrogens with two attached hydrogens (primary N) is 1. The smallest absolute Gasteiger partial charge is 0.254 e. The number of hydrazine groups is 1. The molecule has 3 N–H and O–H groups in total. The Morgan fingerprint density at radius 2 is 1.71 bits per heavy atom. The molecule has 1 heterocycles. The third kappa shape index (κ3) is 3.42. The average molecular weight is 224 g/mol. The minimum Gasteiger partial charge on any atom is -0.381 e. The van der Waals surface area contributed by atoms with Gasteiger partial charge in [0, 0.05) is 26.2 Å². The number of rotatable bonds is 1. The molecule has 1 aliphatic rings. The van der Waals surface area contributed by atoms with E-state index >= 15 is 0 Å². The van der Waals surface area contributed by atoms with Crippen LogP contribution < -0.4 is 5.84 Å². The maximum Gasteiger partial charge on any atom is 0.254 e. The van der Waals surface area contributed by atoms with Crippen molar-refractivity contribution in [3.63, 3.8) is 0 Å². The first-order valence-electron chi connectivity index (χ1n) is 4.42. The van der Waals surface area contributed by atoms with E-state index in [1.807, 2.05) is 0 Å². The van der Waals surface area contributed by atoms with Gasteiger partial charge < -0.3 is 10.0 Å². The van der Waals surface area contributed by atoms with Crippen molar-refractivity contribution in [2.24, 2.45) is 5.84 Å². The number of hydrogen-bond donors (Lipinski definition) is 2. The van der Waals surface area contributed by atoms with Gasteiger partial charge >= 0.3 is 0 Å². The van der Waals surface area contributed by atoms with E-state index < -0.39 is 5.60 Å². The molecule has 84 valence electrons. The van der Waals surface area contributed by atoms with Gasteiger partial charge in [0.1, 0.15) is 5.60 Å². The average Bonchev–Trinajstić information content (AvgIpc) is 2.03. The molecular formula is C8H18ClN3O2. The lowest BCUT2D eigenvalue weighted by molar-refractivity contribution is -0.149. The zero-order valence-electron chi connectivity index (χ0n) is 8.56. The molecule has 0 aromatic carbocycles. The molecule has 0 spiro atoms. The third-order valence-corrected chi connectivity index (χ3v) is 2.12. The lowest BCUT2D eigenvalue weighted by Gasteiger charge is -2.35. The Hall–Kier alpha value is -0.360. The molecule has 0 bridgehead atoms. The Kier molecular flexibility index (Phi) is 4.80. The van der Waals surface area contributed by atoms with Gasteiger partial charge in [-0.05, 0) is 13.8 Å². The predicted octanol–water partition coefficient (Wildman–Crippen LogP) is -0.803. The Morgan fingerprint density at radius 1 is 1.29 bits per heavy atom. The molecule has 0 radical (unpaired) electrons. The van der Waals surface area contributed by atoms with E-state index in [1.165, 1.54) is 13.8 Å².